The van der Waals surface area contributed by atoms with E-state index in [-0.39, 0.29) is 23.7 Å². The average Bonchev–Trinajstić information content (AvgIpc) is 2.95. The first-order valence-corrected chi connectivity index (χ1v) is 5.95. The smallest absolute Gasteiger partial charge is 0.239 e. The fourth-order valence-corrected chi connectivity index (χ4v) is 2.64. The number of rotatable bonds is 2. The maximum Gasteiger partial charge on any atom is 0.239 e. The summed E-state index contributed by atoms with van der Waals surface area (Å²) >= 11 is 0. The molecule has 0 aliphatic carbocycles. The standard InChI is InChI=1S/C13H14N2O3/c1-18-9-4-2-3-8(5-9)15-12(16)10-6-14-7-11(10)13(15)17/h2-5,10-11,14H,6-7H2,1H3. The van der Waals surface area contributed by atoms with Gasteiger partial charge in [-0.2, -0.15) is 0 Å². The van der Waals surface area contributed by atoms with Crippen molar-refractivity contribution in [3.8, 4) is 5.75 Å². The maximum absolute atomic E-state index is 12.2. The molecule has 0 saturated carbocycles. The number of methoxy groups -OCH3 is 1. The van der Waals surface area contributed by atoms with Crippen molar-refractivity contribution in [1.82, 2.24) is 5.32 Å². The van der Waals surface area contributed by atoms with E-state index in [1.807, 2.05) is 0 Å². The van der Waals surface area contributed by atoms with Crippen LogP contribution in [0.1, 0.15) is 0 Å². The Morgan fingerprint density at radius 2 is 1.89 bits per heavy atom. The Kier molecular flexibility index (Phi) is 2.56. The highest BCUT2D eigenvalue weighted by Gasteiger charge is 2.50. The van der Waals surface area contributed by atoms with Gasteiger partial charge in [-0.1, -0.05) is 6.07 Å². The number of hydrogen-bond acceptors (Lipinski definition) is 4. The largest absolute Gasteiger partial charge is 0.497 e. The van der Waals surface area contributed by atoms with Crippen LogP contribution in [0.5, 0.6) is 5.75 Å². The molecule has 3 rings (SSSR count). The normalized spacial score (nSPS) is 26.6. The number of amides is 2. The van der Waals surface area contributed by atoms with Crippen molar-refractivity contribution >= 4 is 17.5 Å². The second-order valence-electron chi connectivity index (χ2n) is 4.58. The molecule has 2 saturated heterocycles. The molecule has 5 heteroatoms. The molecule has 18 heavy (non-hydrogen) atoms. The van der Waals surface area contributed by atoms with E-state index in [2.05, 4.69) is 5.32 Å². The van der Waals surface area contributed by atoms with Crippen molar-refractivity contribution in [1.29, 1.82) is 0 Å². The van der Waals surface area contributed by atoms with Gasteiger partial charge in [-0.15, -0.1) is 0 Å². The molecule has 2 heterocycles. The van der Waals surface area contributed by atoms with Gasteiger partial charge in [0.25, 0.3) is 0 Å². The molecule has 2 atom stereocenters. The van der Waals surface area contributed by atoms with E-state index < -0.39 is 0 Å². The van der Waals surface area contributed by atoms with Gasteiger partial charge in [0.1, 0.15) is 5.75 Å². The minimum absolute atomic E-state index is 0.108. The van der Waals surface area contributed by atoms with E-state index in [0.29, 0.717) is 24.5 Å². The Morgan fingerprint density at radius 1 is 1.22 bits per heavy atom. The molecule has 2 fully saturated rings. The summed E-state index contributed by atoms with van der Waals surface area (Å²) in [4.78, 5) is 25.7. The highest BCUT2D eigenvalue weighted by molar-refractivity contribution is 6.22. The lowest BCUT2D eigenvalue weighted by Crippen LogP contribution is -2.34. The predicted molar refractivity (Wildman–Crippen MR) is 65.3 cm³/mol. The number of fused-ring (bicyclic) bond motifs is 1. The molecule has 2 aliphatic rings. The van der Waals surface area contributed by atoms with Gasteiger partial charge in [0.2, 0.25) is 11.8 Å². The molecule has 0 bridgehead atoms. The van der Waals surface area contributed by atoms with Crippen LogP contribution in [-0.4, -0.2) is 32.0 Å². The zero-order chi connectivity index (χ0) is 12.7. The minimum Gasteiger partial charge on any atom is -0.497 e. The predicted octanol–water partition coefficient (Wildman–Crippen LogP) is 0.404. The molecule has 2 amide bonds. The van der Waals surface area contributed by atoms with Crippen LogP contribution < -0.4 is 15.0 Å². The summed E-state index contributed by atoms with van der Waals surface area (Å²) in [6, 6.07) is 7.04. The zero-order valence-electron chi connectivity index (χ0n) is 10.1. The molecule has 1 aromatic rings. The Balaban J connectivity index is 1.97. The van der Waals surface area contributed by atoms with E-state index in [9.17, 15) is 9.59 Å². The van der Waals surface area contributed by atoms with Crippen molar-refractivity contribution in [2.24, 2.45) is 11.8 Å². The van der Waals surface area contributed by atoms with E-state index in [1.165, 1.54) is 4.90 Å². The number of hydrogen-bond donors (Lipinski definition) is 1. The van der Waals surface area contributed by atoms with Gasteiger partial charge in [-0.25, -0.2) is 4.90 Å². The SMILES string of the molecule is COc1cccc(N2C(=O)C3CNCC3C2=O)c1. The first-order valence-electron chi connectivity index (χ1n) is 5.95. The van der Waals surface area contributed by atoms with Gasteiger partial charge in [-0.3, -0.25) is 9.59 Å². The summed E-state index contributed by atoms with van der Waals surface area (Å²) < 4.78 is 5.12. The van der Waals surface area contributed by atoms with Gasteiger partial charge >= 0.3 is 0 Å². The van der Waals surface area contributed by atoms with Gasteiger partial charge in [-0.05, 0) is 12.1 Å². The molecule has 5 nitrogen and oxygen atoms in total. The number of benzene rings is 1. The van der Waals surface area contributed by atoms with E-state index in [1.54, 1.807) is 31.4 Å². The second kappa shape index (κ2) is 4.10. The Hall–Kier alpha value is -1.88. The van der Waals surface area contributed by atoms with Crippen LogP contribution >= 0.6 is 0 Å². The van der Waals surface area contributed by atoms with E-state index in [4.69, 9.17) is 4.74 Å². The summed E-state index contributed by atoms with van der Waals surface area (Å²) in [5, 5.41) is 3.09. The van der Waals surface area contributed by atoms with Crippen LogP contribution in [0.4, 0.5) is 5.69 Å². The summed E-state index contributed by atoms with van der Waals surface area (Å²) in [6.07, 6.45) is 0. The topological polar surface area (TPSA) is 58.6 Å². The molecule has 94 valence electrons. The molecule has 0 aromatic heterocycles. The lowest BCUT2D eigenvalue weighted by atomic mass is 10.00. The van der Waals surface area contributed by atoms with E-state index >= 15 is 0 Å². The number of anilines is 1. The third kappa shape index (κ3) is 1.51. The molecule has 1 N–H and O–H groups in total. The molecule has 0 radical (unpaired) electrons. The average molecular weight is 246 g/mol. The Bertz CT molecular complexity index is 493. The Labute approximate surface area is 105 Å². The quantitative estimate of drug-likeness (QED) is 0.768. The fraction of sp³-hybridized carbons (Fsp3) is 0.385. The zero-order valence-corrected chi connectivity index (χ0v) is 10.1. The molecule has 2 aliphatic heterocycles. The second-order valence-corrected chi connectivity index (χ2v) is 4.58. The lowest BCUT2D eigenvalue weighted by molar-refractivity contribution is -0.122. The van der Waals surface area contributed by atoms with E-state index in [0.717, 1.165) is 0 Å². The highest BCUT2D eigenvalue weighted by atomic mass is 16.5. The van der Waals surface area contributed by atoms with Crippen LogP contribution in [0.3, 0.4) is 0 Å². The summed E-state index contributed by atoms with van der Waals surface area (Å²) in [6.45, 7) is 1.19. The molecule has 2 unspecified atom stereocenters. The lowest BCUT2D eigenvalue weighted by Gasteiger charge is -2.16. The van der Waals surface area contributed by atoms with Crippen LogP contribution in [0.25, 0.3) is 0 Å². The summed E-state index contributed by atoms with van der Waals surface area (Å²) in [5.74, 6) is 0.0159. The number of nitrogens with one attached hydrogen (secondary N) is 1. The van der Waals surface area contributed by atoms with Gasteiger partial charge < -0.3 is 10.1 Å². The van der Waals surface area contributed by atoms with Crippen LogP contribution in [-0.2, 0) is 9.59 Å². The van der Waals surface area contributed by atoms with Crippen molar-refractivity contribution < 1.29 is 14.3 Å². The number of carbonyl (C=O) groups is 2. The summed E-state index contributed by atoms with van der Waals surface area (Å²) in [5.41, 5.74) is 0.596. The maximum atomic E-state index is 12.2. The summed E-state index contributed by atoms with van der Waals surface area (Å²) in [7, 11) is 1.56. The molecule has 1 aromatic carbocycles. The highest BCUT2D eigenvalue weighted by Crippen LogP contribution is 2.34. The first-order chi connectivity index (χ1) is 8.72. The molecular formula is C13H14N2O3. The third-order valence-electron chi connectivity index (χ3n) is 3.60. The monoisotopic (exact) mass is 246 g/mol. The van der Waals surface area contributed by atoms with Crippen LogP contribution in [0.2, 0.25) is 0 Å². The van der Waals surface area contributed by atoms with Crippen LogP contribution in [0, 0.1) is 11.8 Å². The Morgan fingerprint density at radius 3 is 2.50 bits per heavy atom. The number of nitrogens with zero attached hydrogens (tertiary/aromatic N) is 1. The number of imide groups is 1. The molecular weight excluding hydrogens is 232 g/mol. The molecule has 0 spiro atoms. The van der Waals surface area contributed by atoms with Gasteiger partial charge in [0.15, 0.2) is 0 Å². The van der Waals surface area contributed by atoms with Crippen molar-refractivity contribution in [3.05, 3.63) is 24.3 Å². The van der Waals surface area contributed by atoms with Gasteiger partial charge in [0, 0.05) is 19.2 Å². The van der Waals surface area contributed by atoms with Crippen molar-refractivity contribution in [3.63, 3.8) is 0 Å². The first kappa shape index (κ1) is 11.2. The minimum atomic E-state index is -0.205. The van der Waals surface area contributed by atoms with Crippen molar-refractivity contribution in [2.75, 3.05) is 25.1 Å². The van der Waals surface area contributed by atoms with Gasteiger partial charge in [0.05, 0.1) is 24.6 Å². The third-order valence-corrected chi connectivity index (χ3v) is 3.60. The van der Waals surface area contributed by atoms with Crippen molar-refractivity contribution in [2.45, 2.75) is 0 Å². The number of carbonyl (C=O) groups excluding carboxylic acids is 2. The fourth-order valence-electron chi connectivity index (χ4n) is 2.64. The van der Waals surface area contributed by atoms with Crippen LogP contribution in [0.15, 0.2) is 24.3 Å². The number of ether oxygens (including phenoxy) is 1.